The van der Waals surface area contributed by atoms with Gasteiger partial charge in [0.2, 0.25) is 10.0 Å². The Hall–Kier alpha value is -3.21. The fraction of sp³-hybridized carbons (Fsp3) is 0.548. The first-order valence-electron chi connectivity index (χ1n) is 14.5. The Kier molecular flexibility index (Phi) is 11.0. The van der Waals surface area contributed by atoms with E-state index in [2.05, 4.69) is 11.4 Å². The van der Waals surface area contributed by atoms with Crippen LogP contribution >= 0.6 is 0 Å². The number of methoxy groups -OCH3 is 1. The molecule has 0 aromatic heterocycles. The summed E-state index contributed by atoms with van der Waals surface area (Å²) in [5.74, 6) is 0.456. The van der Waals surface area contributed by atoms with Crippen molar-refractivity contribution in [2.75, 3.05) is 33.4 Å². The van der Waals surface area contributed by atoms with E-state index in [0.717, 1.165) is 12.0 Å². The predicted octanol–water partition coefficient (Wildman–Crippen LogP) is 3.48. The molecule has 0 spiro atoms. The van der Waals surface area contributed by atoms with Crippen LogP contribution in [0.1, 0.15) is 38.7 Å². The third-order valence-electron chi connectivity index (χ3n) is 7.92. The van der Waals surface area contributed by atoms with Crippen molar-refractivity contribution in [3.8, 4) is 11.8 Å². The number of hydrogen-bond acceptors (Lipinski definition) is 9. The molecule has 0 bridgehead atoms. The van der Waals surface area contributed by atoms with Gasteiger partial charge >= 0.3 is 6.09 Å². The SMILES string of the molecule is COc1ccc(S(=O)(=O)N(CC(O)C(Cc2ccccc2)NC(=O)O[C@@H]2CO[C@@H]3OCC[C@@H]32)CC(C)(C)CCC#N)cc1. The quantitative estimate of drug-likeness (QED) is 0.326. The maximum Gasteiger partial charge on any atom is 0.407 e. The Balaban J connectivity index is 1.56. The second kappa shape index (κ2) is 14.5. The van der Waals surface area contributed by atoms with Gasteiger partial charge in [-0.05, 0) is 54.5 Å². The number of amides is 1. The van der Waals surface area contributed by atoms with Crippen molar-refractivity contribution in [1.82, 2.24) is 9.62 Å². The van der Waals surface area contributed by atoms with Gasteiger partial charge < -0.3 is 29.4 Å². The van der Waals surface area contributed by atoms with Gasteiger partial charge in [-0.2, -0.15) is 9.57 Å². The highest BCUT2D eigenvalue weighted by Gasteiger charge is 2.44. The Bertz CT molecular complexity index is 1350. The van der Waals surface area contributed by atoms with Crippen LogP contribution in [-0.2, 0) is 30.7 Å². The van der Waals surface area contributed by atoms with E-state index < -0.39 is 39.8 Å². The summed E-state index contributed by atoms with van der Waals surface area (Å²) < 4.78 is 51.1. The van der Waals surface area contributed by atoms with E-state index in [1.54, 1.807) is 12.1 Å². The average molecular weight is 616 g/mol. The fourth-order valence-corrected chi connectivity index (χ4v) is 7.10. The third-order valence-corrected chi connectivity index (χ3v) is 9.74. The summed E-state index contributed by atoms with van der Waals surface area (Å²) >= 11 is 0. The number of sulfonamides is 1. The Labute approximate surface area is 253 Å². The van der Waals surface area contributed by atoms with Gasteiger partial charge in [-0.15, -0.1) is 0 Å². The van der Waals surface area contributed by atoms with Crippen LogP contribution < -0.4 is 10.1 Å². The number of rotatable bonds is 14. The number of nitrogens with one attached hydrogen (secondary N) is 1. The van der Waals surface area contributed by atoms with Crippen LogP contribution in [-0.4, -0.2) is 81.9 Å². The summed E-state index contributed by atoms with van der Waals surface area (Å²) in [5.41, 5.74) is 0.276. The molecule has 234 valence electrons. The number of alkyl carbamates (subject to hydrolysis) is 1. The van der Waals surface area contributed by atoms with Crippen molar-refractivity contribution < 1.29 is 37.3 Å². The molecule has 2 aromatic carbocycles. The average Bonchev–Trinajstić information content (AvgIpc) is 3.61. The number of ether oxygens (including phenoxy) is 4. The van der Waals surface area contributed by atoms with Crippen LogP contribution in [0.4, 0.5) is 4.79 Å². The zero-order valence-corrected chi connectivity index (χ0v) is 25.7. The summed E-state index contributed by atoms with van der Waals surface area (Å²) in [6, 6.07) is 16.6. The van der Waals surface area contributed by atoms with Crippen LogP contribution in [0.2, 0.25) is 0 Å². The van der Waals surface area contributed by atoms with E-state index in [1.807, 2.05) is 44.2 Å². The van der Waals surface area contributed by atoms with Crippen LogP contribution in [0.5, 0.6) is 5.75 Å². The lowest BCUT2D eigenvalue weighted by Crippen LogP contribution is -2.52. The zero-order chi connectivity index (χ0) is 31.0. The lowest BCUT2D eigenvalue weighted by Gasteiger charge is -2.35. The standard InChI is InChI=1S/C31H41N3O8S/c1-31(2,15-7-16-32)21-34(43(37,38)24-12-10-23(39-3)11-13-24)19-27(35)26(18-22-8-5-4-6-9-22)33-30(36)42-28-20-41-29-25(28)14-17-40-29/h4-6,8-13,25-29,35H,7,14-15,17-21H2,1-3H3,(H,33,36)/t25-,26?,27?,28-,29+/m1/s1. The first-order chi connectivity index (χ1) is 20.5. The van der Waals surface area contributed by atoms with Crippen LogP contribution in [0.15, 0.2) is 59.5 Å². The largest absolute Gasteiger partial charge is 0.497 e. The minimum absolute atomic E-state index is 0.0399. The first kappa shape index (κ1) is 32.7. The maximum atomic E-state index is 13.9. The van der Waals surface area contributed by atoms with Crippen molar-refractivity contribution >= 4 is 16.1 Å². The summed E-state index contributed by atoms with van der Waals surface area (Å²) in [5, 5.41) is 23.5. The van der Waals surface area contributed by atoms with Gasteiger partial charge in [0.05, 0.1) is 49.4 Å². The molecule has 2 aliphatic rings. The molecule has 2 fully saturated rings. The van der Waals surface area contributed by atoms with Gasteiger partial charge in [-0.3, -0.25) is 0 Å². The van der Waals surface area contributed by atoms with E-state index in [1.165, 1.54) is 23.5 Å². The van der Waals surface area contributed by atoms with Gasteiger partial charge in [0, 0.05) is 19.5 Å². The number of carbonyl (C=O) groups is 1. The number of benzene rings is 2. The summed E-state index contributed by atoms with van der Waals surface area (Å²) in [4.78, 5) is 13.1. The minimum atomic E-state index is -4.08. The summed E-state index contributed by atoms with van der Waals surface area (Å²) in [6.45, 7) is 4.27. The monoisotopic (exact) mass is 615 g/mol. The fourth-order valence-electron chi connectivity index (χ4n) is 5.45. The molecule has 2 aliphatic heterocycles. The molecule has 2 heterocycles. The lowest BCUT2D eigenvalue weighted by molar-refractivity contribution is -0.0907. The predicted molar refractivity (Wildman–Crippen MR) is 158 cm³/mol. The number of aliphatic hydroxyl groups excluding tert-OH is 1. The van der Waals surface area contributed by atoms with E-state index >= 15 is 0 Å². The molecule has 0 saturated carbocycles. The molecule has 0 aliphatic carbocycles. The molecule has 0 radical (unpaired) electrons. The molecule has 43 heavy (non-hydrogen) atoms. The molecule has 2 N–H and O–H groups in total. The normalized spacial score (nSPS) is 21.5. The summed E-state index contributed by atoms with van der Waals surface area (Å²) in [6.07, 6.45) is -1.20. The van der Waals surface area contributed by atoms with Crippen molar-refractivity contribution in [3.63, 3.8) is 0 Å². The van der Waals surface area contributed by atoms with E-state index in [-0.39, 0.29) is 49.6 Å². The molecule has 4 rings (SSSR count). The highest BCUT2D eigenvalue weighted by molar-refractivity contribution is 7.89. The van der Waals surface area contributed by atoms with Gasteiger partial charge in [0.1, 0.15) is 11.9 Å². The number of nitrogens with zero attached hydrogens (tertiary/aromatic N) is 2. The lowest BCUT2D eigenvalue weighted by atomic mass is 9.88. The Morgan fingerprint density at radius 3 is 2.58 bits per heavy atom. The third kappa shape index (κ3) is 8.68. The second-order valence-corrected chi connectivity index (χ2v) is 13.7. The van der Waals surface area contributed by atoms with E-state index in [0.29, 0.717) is 18.8 Å². The minimum Gasteiger partial charge on any atom is -0.497 e. The number of hydrogen-bond donors (Lipinski definition) is 2. The Morgan fingerprint density at radius 1 is 1.19 bits per heavy atom. The number of fused-ring (bicyclic) bond motifs is 1. The molecule has 2 unspecified atom stereocenters. The molecule has 1 amide bonds. The van der Waals surface area contributed by atoms with E-state index in [9.17, 15) is 18.3 Å². The molecule has 2 saturated heterocycles. The summed E-state index contributed by atoms with van der Waals surface area (Å²) in [7, 11) is -2.59. The molecular weight excluding hydrogens is 574 g/mol. The molecule has 5 atom stereocenters. The van der Waals surface area contributed by atoms with E-state index in [4.69, 9.17) is 24.2 Å². The van der Waals surface area contributed by atoms with Crippen LogP contribution in [0.3, 0.4) is 0 Å². The number of aliphatic hydroxyl groups is 1. The highest BCUT2D eigenvalue weighted by atomic mass is 32.2. The number of nitriles is 1. The molecule has 12 heteroatoms. The van der Waals surface area contributed by atoms with Crippen LogP contribution in [0, 0.1) is 22.7 Å². The topological polar surface area (TPSA) is 147 Å². The molecule has 2 aromatic rings. The van der Waals surface area contributed by atoms with Crippen molar-refractivity contribution in [1.29, 1.82) is 5.26 Å². The smallest absolute Gasteiger partial charge is 0.407 e. The Morgan fingerprint density at radius 2 is 1.91 bits per heavy atom. The van der Waals surface area contributed by atoms with Crippen molar-refractivity contribution in [3.05, 3.63) is 60.2 Å². The van der Waals surface area contributed by atoms with Crippen molar-refractivity contribution in [2.45, 2.75) is 69.0 Å². The number of carbonyl (C=O) groups excluding carboxylic acids is 1. The first-order valence-corrected chi connectivity index (χ1v) is 15.9. The zero-order valence-electron chi connectivity index (χ0n) is 24.8. The molecule has 11 nitrogen and oxygen atoms in total. The molecular formula is C31H41N3O8S. The van der Waals surface area contributed by atoms with Crippen LogP contribution in [0.25, 0.3) is 0 Å². The van der Waals surface area contributed by atoms with Crippen molar-refractivity contribution in [2.24, 2.45) is 11.3 Å². The van der Waals surface area contributed by atoms with Gasteiger partial charge in [0.25, 0.3) is 0 Å². The van der Waals surface area contributed by atoms with Gasteiger partial charge in [0.15, 0.2) is 6.29 Å². The maximum absolute atomic E-state index is 13.9. The van der Waals surface area contributed by atoms with Gasteiger partial charge in [-0.25, -0.2) is 13.2 Å². The second-order valence-electron chi connectivity index (χ2n) is 11.8. The van der Waals surface area contributed by atoms with Gasteiger partial charge in [-0.1, -0.05) is 44.2 Å². The highest BCUT2D eigenvalue weighted by Crippen LogP contribution is 2.33.